The van der Waals surface area contributed by atoms with E-state index in [4.69, 9.17) is 4.74 Å². The third-order valence-corrected chi connectivity index (χ3v) is 2.10. The van der Waals surface area contributed by atoms with Gasteiger partial charge in [-0.15, -0.1) is 0 Å². The maximum absolute atomic E-state index is 11.5. The van der Waals surface area contributed by atoms with Crippen LogP contribution in [0.25, 0.3) is 0 Å². The topological polar surface area (TPSA) is 46.5 Å². The first-order valence-corrected chi connectivity index (χ1v) is 4.54. The molecule has 1 atom stereocenters. The second-order valence-corrected chi connectivity index (χ2v) is 2.99. The Labute approximate surface area is 83.3 Å². The Balaban J connectivity index is 3.01. The molecule has 0 aliphatic carbocycles. The summed E-state index contributed by atoms with van der Waals surface area (Å²) in [6.07, 6.45) is -0.256. The minimum atomic E-state index is -0.652. The van der Waals surface area contributed by atoms with E-state index in [1.165, 1.54) is 7.11 Å². The molecule has 0 bridgehead atoms. The highest BCUT2D eigenvalue weighted by molar-refractivity contribution is 5.84. The minimum absolute atomic E-state index is 0.0333. The Morgan fingerprint density at radius 1 is 1.50 bits per heavy atom. The van der Waals surface area contributed by atoms with Crippen molar-refractivity contribution >= 4 is 5.78 Å². The quantitative estimate of drug-likeness (QED) is 0.798. The molecule has 0 heterocycles. The van der Waals surface area contributed by atoms with E-state index in [9.17, 15) is 9.90 Å². The van der Waals surface area contributed by atoms with Crippen LogP contribution in [-0.4, -0.2) is 18.0 Å². The summed E-state index contributed by atoms with van der Waals surface area (Å²) >= 11 is 0. The highest BCUT2D eigenvalue weighted by Gasteiger charge is 2.20. The number of benzene rings is 1. The lowest BCUT2D eigenvalue weighted by atomic mass is 10.0. The van der Waals surface area contributed by atoms with Crippen molar-refractivity contribution < 1.29 is 14.6 Å². The zero-order valence-corrected chi connectivity index (χ0v) is 8.36. The van der Waals surface area contributed by atoms with Crippen molar-refractivity contribution in [2.45, 2.75) is 19.4 Å². The van der Waals surface area contributed by atoms with Crippen molar-refractivity contribution in [2.75, 3.05) is 7.11 Å². The summed E-state index contributed by atoms with van der Waals surface area (Å²) in [6.45, 7) is 1.77. The van der Waals surface area contributed by atoms with Crippen LogP contribution in [0.4, 0.5) is 0 Å². The van der Waals surface area contributed by atoms with Gasteiger partial charge in [-0.05, 0) is 6.07 Å². The fraction of sp³-hybridized carbons (Fsp3) is 0.364. The molecule has 0 saturated carbocycles. The van der Waals surface area contributed by atoms with E-state index in [2.05, 4.69) is 0 Å². The Bertz CT molecular complexity index is 320. The number of aromatic hydroxyl groups is 1. The average molecular weight is 194 g/mol. The van der Waals surface area contributed by atoms with Gasteiger partial charge in [-0.25, -0.2) is 0 Å². The summed E-state index contributed by atoms with van der Waals surface area (Å²) < 4.78 is 5.06. The van der Waals surface area contributed by atoms with Gasteiger partial charge in [0.25, 0.3) is 0 Å². The second-order valence-electron chi connectivity index (χ2n) is 2.99. The normalized spacial score (nSPS) is 12.4. The van der Waals surface area contributed by atoms with Gasteiger partial charge in [0.1, 0.15) is 11.9 Å². The molecule has 1 rings (SSSR count). The second kappa shape index (κ2) is 4.77. The van der Waals surface area contributed by atoms with Gasteiger partial charge < -0.3 is 9.84 Å². The van der Waals surface area contributed by atoms with Crippen LogP contribution in [0.1, 0.15) is 25.0 Å². The Kier molecular flexibility index (Phi) is 3.65. The van der Waals surface area contributed by atoms with Crippen molar-refractivity contribution in [1.82, 2.24) is 0 Å². The molecule has 0 amide bonds. The fourth-order valence-electron chi connectivity index (χ4n) is 1.33. The number of phenols is 1. The molecule has 0 radical (unpaired) electrons. The smallest absolute Gasteiger partial charge is 0.165 e. The number of carbonyl (C=O) groups excluding carboxylic acids is 1. The summed E-state index contributed by atoms with van der Waals surface area (Å²) in [6, 6.07) is 6.72. The van der Waals surface area contributed by atoms with Gasteiger partial charge in [0.15, 0.2) is 5.78 Å². The number of ether oxygens (including phenoxy) is 1. The van der Waals surface area contributed by atoms with E-state index < -0.39 is 6.10 Å². The van der Waals surface area contributed by atoms with Gasteiger partial charge in [0, 0.05) is 19.1 Å². The van der Waals surface area contributed by atoms with Crippen molar-refractivity contribution in [3.63, 3.8) is 0 Å². The first-order chi connectivity index (χ1) is 6.70. The van der Waals surface area contributed by atoms with Gasteiger partial charge >= 0.3 is 0 Å². The fourth-order valence-corrected chi connectivity index (χ4v) is 1.33. The largest absolute Gasteiger partial charge is 0.508 e. The van der Waals surface area contributed by atoms with Crippen LogP contribution in [0, 0.1) is 0 Å². The molecule has 0 saturated heterocycles. The summed E-state index contributed by atoms with van der Waals surface area (Å²) in [4.78, 5) is 11.5. The highest BCUT2D eigenvalue weighted by atomic mass is 16.5. The average Bonchev–Trinajstić information content (AvgIpc) is 2.21. The number of ketones is 1. The predicted octanol–water partition coefficient (Wildman–Crippen LogP) is 2.06. The molecule has 3 nitrogen and oxygen atoms in total. The number of hydrogen-bond acceptors (Lipinski definition) is 3. The van der Waals surface area contributed by atoms with Crippen LogP contribution >= 0.6 is 0 Å². The maximum atomic E-state index is 11.5. The van der Waals surface area contributed by atoms with E-state index in [0.717, 1.165) is 0 Å². The number of Topliss-reactive ketones (excluding diaryl/α,β-unsaturated/α-hetero) is 1. The molecule has 14 heavy (non-hydrogen) atoms. The number of methoxy groups -OCH3 is 1. The molecular weight excluding hydrogens is 180 g/mol. The number of hydrogen-bond donors (Lipinski definition) is 1. The first-order valence-electron chi connectivity index (χ1n) is 4.54. The van der Waals surface area contributed by atoms with Crippen LogP contribution in [0.3, 0.4) is 0 Å². The van der Waals surface area contributed by atoms with E-state index in [1.54, 1.807) is 31.2 Å². The molecule has 1 unspecified atom stereocenters. The molecule has 1 aromatic carbocycles. The predicted molar refractivity (Wildman–Crippen MR) is 53.2 cm³/mol. The lowest BCUT2D eigenvalue weighted by Crippen LogP contribution is -2.13. The summed E-state index contributed by atoms with van der Waals surface area (Å²) in [5, 5.41) is 9.52. The zero-order valence-electron chi connectivity index (χ0n) is 8.36. The zero-order chi connectivity index (χ0) is 10.6. The summed E-state index contributed by atoms with van der Waals surface area (Å²) in [5.74, 6) is 0.0650. The number of para-hydroxylation sites is 1. The molecule has 1 N–H and O–H groups in total. The lowest BCUT2D eigenvalue weighted by molar-refractivity contribution is -0.128. The summed E-state index contributed by atoms with van der Waals surface area (Å²) in [7, 11) is 1.46. The monoisotopic (exact) mass is 194 g/mol. The molecule has 0 aliphatic heterocycles. The lowest BCUT2D eigenvalue weighted by Gasteiger charge is -2.14. The van der Waals surface area contributed by atoms with Crippen molar-refractivity contribution in [1.29, 1.82) is 0 Å². The van der Waals surface area contributed by atoms with Crippen molar-refractivity contribution in [3.05, 3.63) is 29.8 Å². The van der Waals surface area contributed by atoms with E-state index >= 15 is 0 Å². The van der Waals surface area contributed by atoms with Gasteiger partial charge in [-0.3, -0.25) is 4.79 Å². The first kappa shape index (κ1) is 10.7. The summed E-state index contributed by atoms with van der Waals surface area (Å²) in [5.41, 5.74) is 0.529. The Morgan fingerprint density at radius 3 is 2.64 bits per heavy atom. The molecular formula is C11H14O3. The minimum Gasteiger partial charge on any atom is -0.508 e. The van der Waals surface area contributed by atoms with Crippen LogP contribution in [0.5, 0.6) is 5.75 Å². The molecule has 1 aromatic rings. The van der Waals surface area contributed by atoms with Gasteiger partial charge in [-0.2, -0.15) is 0 Å². The van der Waals surface area contributed by atoms with E-state index in [0.29, 0.717) is 12.0 Å². The van der Waals surface area contributed by atoms with Gasteiger partial charge in [0.05, 0.1) is 0 Å². The van der Waals surface area contributed by atoms with Gasteiger partial charge in [0.2, 0.25) is 0 Å². The SMILES string of the molecule is CCC(=O)C(OC)c1ccccc1O. The Hall–Kier alpha value is -1.35. The van der Waals surface area contributed by atoms with Crippen molar-refractivity contribution in [2.24, 2.45) is 0 Å². The number of phenolic OH excluding ortho intramolecular Hbond substituents is 1. The van der Waals surface area contributed by atoms with Crippen molar-refractivity contribution in [3.8, 4) is 5.75 Å². The van der Waals surface area contributed by atoms with Crippen LogP contribution < -0.4 is 0 Å². The van der Waals surface area contributed by atoms with Crippen LogP contribution in [-0.2, 0) is 9.53 Å². The van der Waals surface area contributed by atoms with Gasteiger partial charge in [-0.1, -0.05) is 25.1 Å². The molecule has 0 fully saturated rings. The van der Waals surface area contributed by atoms with Crippen LogP contribution in [0.2, 0.25) is 0 Å². The number of carbonyl (C=O) groups is 1. The third-order valence-electron chi connectivity index (χ3n) is 2.10. The molecule has 0 spiro atoms. The standard InChI is InChI=1S/C11H14O3/c1-3-9(12)11(14-2)8-6-4-5-7-10(8)13/h4-7,11,13H,3H2,1-2H3. The molecule has 0 aromatic heterocycles. The Morgan fingerprint density at radius 2 is 2.14 bits per heavy atom. The number of rotatable bonds is 4. The van der Waals surface area contributed by atoms with Crippen LogP contribution in [0.15, 0.2) is 24.3 Å². The van der Waals surface area contributed by atoms with E-state index in [-0.39, 0.29) is 11.5 Å². The van der Waals surface area contributed by atoms with E-state index in [1.807, 2.05) is 0 Å². The maximum Gasteiger partial charge on any atom is 0.165 e. The third kappa shape index (κ3) is 2.12. The highest BCUT2D eigenvalue weighted by Crippen LogP contribution is 2.27. The molecule has 76 valence electrons. The molecule has 0 aliphatic rings. The molecule has 3 heteroatoms.